The number of nitrogens with zero attached hydrogens (tertiary/aromatic N) is 1. The molecule has 0 saturated heterocycles. The van der Waals surface area contributed by atoms with Gasteiger partial charge in [-0.2, -0.15) is 0 Å². The van der Waals surface area contributed by atoms with Crippen molar-refractivity contribution >= 4 is 11.6 Å². The zero-order chi connectivity index (χ0) is 16.4. The number of rotatable bonds is 3. The summed E-state index contributed by atoms with van der Waals surface area (Å²) in [7, 11) is 0. The van der Waals surface area contributed by atoms with Gasteiger partial charge in [0.05, 0.1) is 11.6 Å². The number of phenolic OH excluding ortho intramolecular Hbond substituents is 1. The quantitative estimate of drug-likeness (QED) is 0.915. The van der Waals surface area contributed by atoms with E-state index in [9.17, 15) is 14.7 Å². The average molecular weight is 312 g/mol. The Kier molecular flexibility index (Phi) is 4.19. The van der Waals surface area contributed by atoms with Crippen LogP contribution in [0.4, 0.5) is 5.69 Å². The predicted molar refractivity (Wildman–Crippen MR) is 88.8 cm³/mol. The van der Waals surface area contributed by atoms with Crippen LogP contribution in [0, 0.1) is 0 Å². The van der Waals surface area contributed by atoms with Crippen molar-refractivity contribution in [3.05, 3.63) is 58.0 Å². The van der Waals surface area contributed by atoms with Crippen LogP contribution < -0.4 is 10.9 Å². The van der Waals surface area contributed by atoms with Crippen LogP contribution in [0.5, 0.6) is 5.75 Å². The molecule has 2 N–H and O–H groups in total. The summed E-state index contributed by atoms with van der Waals surface area (Å²) in [5, 5.41) is 12.9. The van der Waals surface area contributed by atoms with Gasteiger partial charge in [-0.25, -0.2) is 0 Å². The molecule has 0 bridgehead atoms. The number of benzene rings is 1. The highest BCUT2D eigenvalue weighted by molar-refractivity contribution is 5.96. The maximum absolute atomic E-state index is 12.6. The molecule has 0 spiro atoms. The fourth-order valence-corrected chi connectivity index (χ4v) is 3.18. The van der Waals surface area contributed by atoms with Gasteiger partial charge in [0.2, 0.25) is 5.91 Å². The Morgan fingerprint density at radius 3 is 2.96 bits per heavy atom. The van der Waals surface area contributed by atoms with Crippen molar-refractivity contribution in [1.82, 2.24) is 4.57 Å². The molecule has 0 fully saturated rings. The highest BCUT2D eigenvalue weighted by atomic mass is 16.3. The van der Waals surface area contributed by atoms with E-state index in [1.807, 2.05) is 13.0 Å². The number of carbonyl (C=O) groups is 1. The monoisotopic (exact) mass is 312 g/mol. The second-order valence-corrected chi connectivity index (χ2v) is 5.82. The van der Waals surface area contributed by atoms with Gasteiger partial charge in [-0.3, -0.25) is 9.59 Å². The number of aryl methyl sites for hydroxylation is 1. The molecule has 1 aromatic carbocycles. The van der Waals surface area contributed by atoms with E-state index in [1.165, 1.54) is 6.07 Å². The van der Waals surface area contributed by atoms with Gasteiger partial charge >= 0.3 is 0 Å². The Morgan fingerprint density at radius 1 is 1.35 bits per heavy atom. The molecule has 0 aliphatic heterocycles. The van der Waals surface area contributed by atoms with Crippen LogP contribution in [0.3, 0.4) is 0 Å². The highest BCUT2D eigenvalue weighted by Crippen LogP contribution is 2.36. The molecule has 0 radical (unpaired) electrons. The molecule has 5 heteroatoms. The van der Waals surface area contributed by atoms with Gasteiger partial charge in [-0.05, 0) is 49.4 Å². The number of carbonyl (C=O) groups excluding carboxylic acids is 1. The Bertz CT molecular complexity index is 795. The molecule has 5 nitrogen and oxygen atoms in total. The second-order valence-electron chi connectivity index (χ2n) is 5.82. The van der Waals surface area contributed by atoms with Crippen LogP contribution in [-0.4, -0.2) is 15.6 Å². The average Bonchev–Trinajstić information content (AvgIpc) is 2.56. The van der Waals surface area contributed by atoms with Gasteiger partial charge in [0.15, 0.2) is 0 Å². The first-order chi connectivity index (χ1) is 11.1. The van der Waals surface area contributed by atoms with Gasteiger partial charge in [-0.15, -0.1) is 0 Å². The molecule has 1 aliphatic rings. The normalized spacial score (nSPS) is 16.7. The van der Waals surface area contributed by atoms with Gasteiger partial charge in [0.1, 0.15) is 5.75 Å². The van der Waals surface area contributed by atoms with E-state index < -0.39 is 0 Å². The minimum Gasteiger partial charge on any atom is -0.508 e. The van der Waals surface area contributed by atoms with Crippen LogP contribution in [0.2, 0.25) is 0 Å². The molecule has 1 atom stereocenters. The van der Waals surface area contributed by atoms with E-state index >= 15 is 0 Å². The van der Waals surface area contributed by atoms with Crippen molar-refractivity contribution in [3.63, 3.8) is 0 Å². The summed E-state index contributed by atoms with van der Waals surface area (Å²) in [6.07, 6.45) is 4.09. The number of fused-ring (bicyclic) bond motifs is 1. The van der Waals surface area contributed by atoms with Gasteiger partial charge in [0.25, 0.3) is 5.56 Å². The number of phenols is 1. The molecular weight excluding hydrogens is 292 g/mol. The molecule has 1 aromatic heterocycles. The first-order valence-electron chi connectivity index (χ1n) is 7.92. The number of anilines is 1. The zero-order valence-electron chi connectivity index (χ0n) is 13.1. The Balaban J connectivity index is 1.85. The fourth-order valence-electron chi connectivity index (χ4n) is 3.18. The lowest BCUT2D eigenvalue weighted by Gasteiger charge is -2.25. The number of pyridine rings is 1. The maximum atomic E-state index is 12.6. The molecule has 1 unspecified atom stereocenters. The number of aromatic nitrogens is 1. The van der Waals surface area contributed by atoms with Gasteiger partial charge in [-0.1, -0.05) is 12.1 Å². The van der Waals surface area contributed by atoms with Crippen LogP contribution >= 0.6 is 0 Å². The van der Waals surface area contributed by atoms with Crippen molar-refractivity contribution in [2.45, 2.75) is 38.6 Å². The number of hydrogen-bond acceptors (Lipinski definition) is 3. The summed E-state index contributed by atoms with van der Waals surface area (Å²) in [5.41, 5.74) is 2.30. The molecule has 23 heavy (non-hydrogen) atoms. The van der Waals surface area contributed by atoms with Crippen LogP contribution in [-0.2, 0) is 17.8 Å². The first-order valence-corrected chi connectivity index (χ1v) is 7.92. The number of nitrogens with one attached hydrogen (secondary N) is 1. The van der Waals surface area contributed by atoms with E-state index in [0.717, 1.165) is 30.4 Å². The molecule has 1 aliphatic carbocycles. The molecule has 120 valence electrons. The third-order valence-corrected chi connectivity index (χ3v) is 4.39. The maximum Gasteiger partial charge on any atom is 0.250 e. The van der Waals surface area contributed by atoms with E-state index in [-0.39, 0.29) is 23.1 Å². The van der Waals surface area contributed by atoms with Gasteiger partial charge < -0.3 is 15.0 Å². The van der Waals surface area contributed by atoms with Crippen LogP contribution in [0.15, 0.2) is 41.3 Å². The molecule has 0 saturated carbocycles. The van der Waals surface area contributed by atoms with E-state index in [1.54, 1.807) is 29.0 Å². The number of hydrogen-bond donors (Lipinski definition) is 2. The zero-order valence-corrected chi connectivity index (χ0v) is 13.1. The molecule has 1 heterocycles. The van der Waals surface area contributed by atoms with Crippen molar-refractivity contribution in [3.8, 4) is 5.75 Å². The molecule has 3 rings (SSSR count). The van der Waals surface area contributed by atoms with E-state index in [2.05, 4.69) is 5.32 Å². The summed E-state index contributed by atoms with van der Waals surface area (Å²) in [4.78, 5) is 24.3. The summed E-state index contributed by atoms with van der Waals surface area (Å²) in [5.74, 6) is -0.106. The van der Waals surface area contributed by atoms with E-state index in [4.69, 9.17) is 0 Å². The van der Waals surface area contributed by atoms with Crippen molar-refractivity contribution < 1.29 is 9.90 Å². The lowest BCUT2D eigenvalue weighted by atomic mass is 9.82. The molecule has 2 aromatic rings. The number of aromatic hydroxyl groups is 1. The largest absolute Gasteiger partial charge is 0.508 e. The Morgan fingerprint density at radius 2 is 2.17 bits per heavy atom. The Labute approximate surface area is 134 Å². The van der Waals surface area contributed by atoms with Crippen LogP contribution in [0.25, 0.3) is 0 Å². The second kappa shape index (κ2) is 6.28. The van der Waals surface area contributed by atoms with Crippen LogP contribution in [0.1, 0.15) is 36.8 Å². The lowest BCUT2D eigenvalue weighted by Crippen LogP contribution is -2.26. The third-order valence-electron chi connectivity index (χ3n) is 4.39. The SMILES string of the molecule is CCn1cc(NC(=O)C2CCCc3c(O)cccc32)ccc1=O. The third kappa shape index (κ3) is 2.99. The summed E-state index contributed by atoms with van der Waals surface area (Å²) >= 11 is 0. The predicted octanol–water partition coefficient (Wildman–Crippen LogP) is 2.63. The topological polar surface area (TPSA) is 71.3 Å². The van der Waals surface area contributed by atoms with Crippen molar-refractivity contribution in [2.75, 3.05) is 5.32 Å². The van der Waals surface area contributed by atoms with Gasteiger partial charge in [0, 0.05) is 18.8 Å². The standard InChI is InChI=1S/C18H20N2O3/c1-2-20-11-12(9-10-17(20)22)19-18(23)15-7-3-6-14-13(15)5-4-8-16(14)21/h4-5,8-11,15,21H,2-3,6-7H2,1H3,(H,19,23). The summed E-state index contributed by atoms with van der Waals surface area (Å²) < 4.78 is 1.55. The molecular formula is C18H20N2O3. The first kappa shape index (κ1) is 15.3. The minimum absolute atomic E-state index is 0.0848. The minimum atomic E-state index is -0.271. The lowest BCUT2D eigenvalue weighted by molar-refractivity contribution is -0.117. The summed E-state index contributed by atoms with van der Waals surface area (Å²) in [6, 6.07) is 8.43. The Hall–Kier alpha value is -2.56. The van der Waals surface area contributed by atoms with E-state index in [0.29, 0.717) is 12.2 Å². The smallest absolute Gasteiger partial charge is 0.250 e. The van der Waals surface area contributed by atoms with Crippen molar-refractivity contribution in [1.29, 1.82) is 0 Å². The molecule has 1 amide bonds. The summed E-state index contributed by atoms with van der Waals surface area (Å²) in [6.45, 7) is 2.44. The fraction of sp³-hybridized carbons (Fsp3) is 0.333. The number of amides is 1. The van der Waals surface area contributed by atoms with Crippen molar-refractivity contribution in [2.24, 2.45) is 0 Å². The highest BCUT2D eigenvalue weighted by Gasteiger charge is 2.28.